The number of aromatic nitrogens is 1. The van der Waals surface area contributed by atoms with Crippen LogP contribution in [0.4, 0.5) is 13.2 Å². The second-order valence-electron chi connectivity index (χ2n) is 5.68. The minimum Gasteiger partial charge on any atom is -0.461 e. The van der Waals surface area contributed by atoms with E-state index in [4.69, 9.17) is 14.4 Å². The van der Waals surface area contributed by atoms with Gasteiger partial charge in [-0.15, -0.1) is 0 Å². The van der Waals surface area contributed by atoms with E-state index < -0.39 is 17.7 Å². The van der Waals surface area contributed by atoms with Crippen LogP contribution in [0.2, 0.25) is 0 Å². The molecule has 0 spiro atoms. The molecule has 0 amide bonds. The molecular weight excluding hydrogens is 373 g/mol. The Hall–Kier alpha value is -3.60. The van der Waals surface area contributed by atoms with Gasteiger partial charge in [-0.3, -0.25) is 0 Å². The fraction of sp³-hybridized carbons (Fsp3) is 0.150. The molecule has 142 valence electrons. The van der Waals surface area contributed by atoms with Crippen LogP contribution in [0, 0.1) is 11.3 Å². The topological polar surface area (TPSA) is 76.1 Å². The summed E-state index contributed by atoms with van der Waals surface area (Å²) in [5.41, 5.74) is 0.107. The first-order valence-electron chi connectivity index (χ1n) is 8.19. The summed E-state index contributed by atoms with van der Waals surface area (Å²) >= 11 is 0. The van der Waals surface area contributed by atoms with Gasteiger partial charge in [-0.2, -0.15) is 18.4 Å². The SMILES string of the molecule is CCOC(=O)c1nc(-c2ccc(C(F)(F)F)cc2)oc1-c1cccc(C#N)c1. The number of rotatable bonds is 4. The smallest absolute Gasteiger partial charge is 0.416 e. The van der Waals surface area contributed by atoms with E-state index in [0.717, 1.165) is 12.1 Å². The third-order valence-corrected chi connectivity index (χ3v) is 3.81. The Morgan fingerprint density at radius 1 is 1.18 bits per heavy atom. The van der Waals surface area contributed by atoms with Gasteiger partial charge in [0.25, 0.3) is 0 Å². The number of hydrogen-bond acceptors (Lipinski definition) is 5. The van der Waals surface area contributed by atoms with Gasteiger partial charge in [0.1, 0.15) is 0 Å². The first kappa shape index (κ1) is 19.2. The molecule has 1 aromatic heterocycles. The Labute approximate surface area is 158 Å². The Kier molecular flexibility index (Phi) is 5.18. The van der Waals surface area contributed by atoms with Crippen molar-refractivity contribution in [3.05, 3.63) is 65.4 Å². The van der Waals surface area contributed by atoms with Crippen LogP contribution >= 0.6 is 0 Å². The molecule has 0 aliphatic rings. The molecule has 1 heterocycles. The average molecular weight is 386 g/mol. The highest BCUT2D eigenvalue weighted by Gasteiger charge is 2.30. The number of halogens is 3. The molecule has 0 unspecified atom stereocenters. The van der Waals surface area contributed by atoms with Crippen molar-refractivity contribution in [2.45, 2.75) is 13.1 Å². The summed E-state index contributed by atoms with van der Waals surface area (Å²) in [4.78, 5) is 16.4. The molecule has 2 aromatic carbocycles. The summed E-state index contributed by atoms with van der Waals surface area (Å²) < 4.78 is 48.9. The summed E-state index contributed by atoms with van der Waals surface area (Å²) in [5, 5.41) is 9.07. The Bertz CT molecular complexity index is 1050. The second-order valence-corrected chi connectivity index (χ2v) is 5.68. The number of alkyl halides is 3. The predicted molar refractivity (Wildman–Crippen MR) is 93.0 cm³/mol. The highest BCUT2D eigenvalue weighted by atomic mass is 19.4. The fourth-order valence-corrected chi connectivity index (χ4v) is 2.51. The van der Waals surface area contributed by atoms with Crippen LogP contribution in [0.15, 0.2) is 52.9 Å². The van der Waals surface area contributed by atoms with Crippen LogP contribution in [0.3, 0.4) is 0 Å². The van der Waals surface area contributed by atoms with Crippen molar-refractivity contribution in [2.24, 2.45) is 0 Å². The van der Waals surface area contributed by atoms with Gasteiger partial charge in [-0.25, -0.2) is 9.78 Å². The van der Waals surface area contributed by atoms with Gasteiger partial charge in [0.2, 0.25) is 5.89 Å². The second kappa shape index (κ2) is 7.56. The van der Waals surface area contributed by atoms with Gasteiger partial charge in [0.05, 0.1) is 23.8 Å². The zero-order chi connectivity index (χ0) is 20.3. The largest absolute Gasteiger partial charge is 0.461 e. The van der Waals surface area contributed by atoms with Crippen LogP contribution in [-0.4, -0.2) is 17.6 Å². The number of nitrogens with zero attached hydrogens (tertiary/aromatic N) is 2. The highest BCUT2D eigenvalue weighted by Crippen LogP contribution is 2.33. The molecule has 8 heteroatoms. The summed E-state index contributed by atoms with van der Waals surface area (Å²) in [6.45, 7) is 1.74. The molecule has 5 nitrogen and oxygen atoms in total. The molecule has 0 fully saturated rings. The summed E-state index contributed by atoms with van der Waals surface area (Å²) in [6.07, 6.45) is -4.46. The Balaban J connectivity index is 2.09. The molecule has 0 aliphatic carbocycles. The molecule has 0 radical (unpaired) electrons. The molecule has 0 N–H and O–H groups in total. The van der Waals surface area contributed by atoms with Gasteiger partial charge >= 0.3 is 12.1 Å². The monoisotopic (exact) mass is 386 g/mol. The van der Waals surface area contributed by atoms with Gasteiger partial charge < -0.3 is 9.15 Å². The lowest BCUT2D eigenvalue weighted by Crippen LogP contribution is -2.06. The summed E-state index contributed by atoms with van der Waals surface area (Å²) in [5.74, 6) is -0.693. The van der Waals surface area contributed by atoms with Crippen LogP contribution < -0.4 is 0 Å². The van der Waals surface area contributed by atoms with Crippen molar-refractivity contribution in [2.75, 3.05) is 6.61 Å². The van der Waals surface area contributed by atoms with Gasteiger partial charge in [0.15, 0.2) is 11.5 Å². The van der Waals surface area contributed by atoms with E-state index >= 15 is 0 Å². The minimum absolute atomic E-state index is 0.0332. The molecule has 0 saturated carbocycles. The van der Waals surface area contributed by atoms with E-state index in [1.165, 1.54) is 18.2 Å². The van der Waals surface area contributed by atoms with Crippen LogP contribution in [0.5, 0.6) is 0 Å². The highest BCUT2D eigenvalue weighted by molar-refractivity contribution is 5.94. The minimum atomic E-state index is -4.46. The van der Waals surface area contributed by atoms with Crippen LogP contribution in [-0.2, 0) is 10.9 Å². The molecule has 28 heavy (non-hydrogen) atoms. The molecule has 0 saturated heterocycles. The number of hydrogen-bond donors (Lipinski definition) is 0. The summed E-state index contributed by atoms with van der Waals surface area (Å²) in [6, 6.07) is 12.5. The lowest BCUT2D eigenvalue weighted by molar-refractivity contribution is -0.137. The number of nitriles is 1. The number of esters is 1. The molecular formula is C20H13F3N2O3. The van der Waals surface area contributed by atoms with E-state index in [-0.39, 0.29) is 29.5 Å². The summed E-state index contributed by atoms with van der Waals surface area (Å²) in [7, 11) is 0. The van der Waals surface area contributed by atoms with Gasteiger partial charge in [0, 0.05) is 11.1 Å². The first-order valence-corrected chi connectivity index (χ1v) is 8.19. The molecule has 0 aliphatic heterocycles. The molecule has 0 atom stereocenters. The van der Waals surface area contributed by atoms with Gasteiger partial charge in [-0.05, 0) is 43.3 Å². The molecule has 3 aromatic rings. The van der Waals surface area contributed by atoms with Gasteiger partial charge in [-0.1, -0.05) is 12.1 Å². The van der Waals surface area contributed by atoms with Crippen molar-refractivity contribution in [1.29, 1.82) is 5.26 Å². The Morgan fingerprint density at radius 2 is 1.89 bits per heavy atom. The zero-order valence-electron chi connectivity index (χ0n) is 14.6. The van der Waals surface area contributed by atoms with Crippen LogP contribution in [0.1, 0.15) is 28.5 Å². The maximum atomic E-state index is 12.7. The number of ether oxygens (including phenoxy) is 1. The van der Waals surface area contributed by atoms with Crippen molar-refractivity contribution in [1.82, 2.24) is 4.98 Å². The van der Waals surface area contributed by atoms with E-state index in [9.17, 15) is 18.0 Å². The quantitative estimate of drug-likeness (QED) is 0.585. The maximum absolute atomic E-state index is 12.7. The van der Waals surface area contributed by atoms with Crippen molar-refractivity contribution < 1.29 is 27.1 Å². The maximum Gasteiger partial charge on any atom is 0.416 e. The standard InChI is InChI=1S/C20H13F3N2O3/c1-2-27-19(26)16-17(14-5-3-4-12(10-14)11-24)28-18(25-16)13-6-8-15(9-7-13)20(21,22)23/h3-10H,2H2,1H3. The van der Waals surface area contributed by atoms with E-state index in [1.54, 1.807) is 25.1 Å². The first-order chi connectivity index (χ1) is 13.3. The van der Waals surface area contributed by atoms with E-state index in [2.05, 4.69) is 4.98 Å². The van der Waals surface area contributed by atoms with E-state index in [1.807, 2.05) is 6.07 Å². The number of oxazole rings is 1. The van der Waals surface area contributed by atoms with Crippen molar-refractivity contribution >= 4 is 5.97 Å². The third-order valence-electron chi connectivity index (χ3n) is 3.81. The molecule has 0 bridgehead atoms. The van der Waals surface area contributed by atoms with Crippen LogP contribution in [0.25, 0.3) is 22.8 Å². The number of carbonyl (C=O) groups excluding carboxylic acids is 1. The number of carbonyl (C=O) groups is 1. The van der Waals surface area contributed by atoms with Crippen molar-refractivity contribution in [3.8, 4) is 28.8 Å². The number of benzene rings is 2. The lowest BCUT2D eigenvalue weighted by atomic mass is 10.1. The predicted octanol–water partition coefficient (Wildman–Crippen LogP) is 5.08. The Morgan fingerprint density at radius 3 is 2.50 bits per heavy atom. The lowest BCUT2D eigenvalue weighted by Gasteiger charge is -2.06. The van der Waals surface area contributed by atoms with E-state index in [0.29, 0.717) is 11.1 Å². The fourth-order valence-electron chi connectivity index (χ4n) is 2.51. The van der Waals surface area contributed by atoms with Crippen molar-refractivity contribution in [3.63, 3.8) is 0 Å². The average Bonchev–Trinajstić information content (AvgIpc) is 3.13. The third kappa shape index (κ3) is 3.88. The normalized spacial score (nSPS) is 11.1. The zero-order valence-corrected chi connectivity index (χ0v) is 14.6. The molecule has 3 rings (SSSR count).